The van der Waals surface area contributed by atoms with Crippen LogP contribution in [0.2, 0.25) is 0 Å². The van der Waals surface area contributed by atoms with Crippen LogP contribution in [0.4, 0.5) is 11.4 Å². The molecule has 0 bridgehead atoms. The van der Waals surface area contributed by atoms with E-state index in [4.69, 9.17) is 0 Å². The number of carbonyl (C=O) groups is 2. The summed E-state index contributed by atoms with van der Waals surface area (Å²) in [4.78, 5) is 30.9. The maximum Gasteiger partial charge on any atom is 0.259 e. The van der Waals surface area contributed by atoms with Gasteiger partial charge in [0.1, 0.15) is 0 Å². The van der Waals surface area contributed by atoms with Crippen LogP contribution in [0.15, 0.2) is 42.7 Å². The molecule has 6 nitrogen and oxygen atoms in total. The molecular weight excluding hydrogens is 328 g/mol. The van der Waals surface area contributed by atoms with Crippen LogP contribution in [-0.2, 0) is 11.2 Å². The van der Waals surface area contributed by atoms with E-state index in [1.807, 2.05) is 18.2 Å². The molecule has 2 aliphatic rings. The number of aromatic nitrogens is 1. The summed E-state index contributed by atoms with van der Waals surface area (Å²) >= 11 is 0. The van der Waals surface area contributed by atoms with Crippen LogP contribution in [0.5, 0.6) is 0 Å². The summed E-state index contributed by atoms with van der Waals surface area (Å²) in [5.41, 5.74) is 3.40. The second-order valence-electron chi connectivity index (χ2n) is 6.81. The van der Waals surface area contributed by atoms with Crippen LogP contribution >= 0.6 is 0 Å². The summed E-state index contributed by atoms with van der Waals surface area (Å²) < 4.78 is 0. The quantitative estimate of drug-likeness (QED) is 0.890. The molecule has 4 rings (SSSR count). The van der Waals surface area contributed by atoms with Crippen LogP contribution in [0.1, 0.15) is 28.8 Å². The number of hydrogen-bond acceptors (Lipinski definition) is 4. The van der Waals surface area contributed by atoms with Gasteiger partial charge in [0.25, 0.3) is 5.91 Å². The SMILES string of the molecule is O=C(Nc1ccc2c(c1)CCN2C(=O)c1cccnc1)C1CCNCC1. The normalized spacial score (nSPS) is 17.0. The highest BCUT2D eigenvalue weighted by Crippen LogP contribution is 2.32. The number of benzene rings is 1. The smallest absolute Gasteiger partial charge is 0.259 e. The fourth-order valence-corrected chi connectivity index (χ4v) is 3.66. The van der Waals surface area contributed by atoms with E-state index in [-0.39, 0.29) is 17.7 Å². The molecule has 2 aliphatic heterocycles. The average molecular weight is 350 g/mol. The molecule has 1 saturated heterocycles. The van der Waals surface area contributed by atoms with Gasteiger partial charge in [-0.15, -0.1) is 0 Å². The monoisotopic (exact) mass is 350 g/mol. The van der Waals surface area contributed by atoms with E-state index < -0.39 is 0 Å². The minimum atomic E-state index is -0.0386. The zero-order valence-electron chi connectivity index (χ0n) is 14.6. The highest BCUT2D eigenvalue weighted by atomic mass is 16.2. The van der Waals surface area contributed by atoms with E-state index in [0.717, 1.165) is 49.3 Å². The standard InChI is InChI=1S/C20H22N4O2/c25-19(14-5-9-21-10-6-14)23-17-3-4-18-15(12-17)7-11-24(18)20(26)16-2-1-8-22-13-16/h1-4,8,12-14,21H,5-7,9-11H2,(H,23,25). The third kappa shape index (κ3) is 3.32. The van der Waals surface area contributed by atoms with Gasteiger partial charge in [0.05, 0.1) is 5.56 Å². The minimum absolute atomic E-state index is 0.0386. The van der Waals surface area contributed by atoms with Crippen LogP contribution in [0.25, 0.3) is 0 Å². The lowest BCUT2D eigenvalue weighted by Gasteiger charge is -2.22. The first-order valence-corrected chi connectivity index (χ1v) is 9.09. The lowest BCUT2D eigenvalue weighted by atomic mass is 9.97. The minimum Gasteiger partial charge on any atom is -0.326 e. The molecule has 0 atom stereocenters. The maximum absolute atomic E-state index is 12.7. The molecule has 6 heteroatoms. The van der Waals surface area contributed by atoms with Crippen LogP contribution in [-0.4, -0.2) is 36.4 Å². The second-order valence-corrected chi connectivity index (χ2v) is 6.81. The maximum atomic E-state index is 12.7. The number of carbonyl (C=O) groups excluding carboxylic acids is 2. The van der Waals surface area contributed by atoms with Crippen molar-refractivity contribution >= 4 is 23.2 Å². The van der Waals surface area contributed by atoms with Crippen LogP contribution in [0, 0.1) is 5.92 Å². The summed E-state index contributed by atoms with van der Waals surface area (Å²) in [5, 5.41) is 6.31. The van der Waals surface area contributed by atoms with Crippen molar-refractivity contribution in [2.24, 2.45) is 5.92 Å². The van der Waals surface area contributed by atoms with E-state index in [0.29, 0.717) is 12.1 Å². The summed E-state index contributed by atoms with van der Waals surface area (Å²) in [5.74, 6) is 0.129. The van der Waals surface area contributed by atoms with Crippen molar-refractivity contribution in [3.05, 3.63) is 53.9 Å². The number of amides is 2. The van der Waals surface area contributed by atoms with Crippen LogP contribution in [0.3, 0.4) is 0 Å². The van der Waals surface area contributed by atoms with E-state index in [1.165, 1.54) is 0 Å². The molecule has 0 saturated carbocycles. The Morgan fingerprint density at radius 1 is 1.19 bits per heavy atom. The highest BCUT2D eigenvalue weighted by molar-refractivity contribution is 6.07. The fraction of sp³-hybridized carbons (Fsp3) is 0.350. The van der Waals surface area contributed by atoms with E-state index in [2.05, 4.69) is 15.6 Å². The molecule has 1 aromatic carbocycles. The summed E-state index contributed by atoms with van der Waals surface area (Å²) in [7, 11) is 0. The van der Waals surface area contributed by atoms with Gasteiger partial charge >= 0.3 is 0 Å². The first-order chi connectivity index (χ1) is 12.7. The number of nitrogens with zero attached hydrogens (tertiary/aromatic N) is 2. The number of fused-ring (bicyclic) bond motifs is 1. The molecule has 0 unspecified atom stereocenters. The van der Waals surface area contributed by atoms with Crippen molar-refractivity contribution < 1.29 is 9.59 Å². The Morgan fingerprint density at radius 2 is 2.04 bits per heavy atom. The number of rotatable bonds is 3. The molecule has 0 aliphatic carbocycles. The van der Waals surface area contributed by atoms with Crippen molar-refractivity contribution in [1.29, 1.82) is 0 Å². The molecule has 3 heterocycles. The number of hydrogen-bond donors (Lipinski definition) is 2. The Morgan fingerprint density at radius 3 is 2.81 bits per heavy atom. The van der Waals surface area contributed by atoms with Gasteiger partial charge in [0.15, 0.2) is 0 Å². The van der Waals surface area contributed by atoms with Gasteiger partial charge in [-0.05, 0) is 68.2 Å². The van der Waals surface area contributed by atoms with Gasteiger partial charge in [0, 0.05) is 36.2 Å². The first-order valence-electron chi connectivity index (χ1n) is 9.09. The molecule has 2 aromatic rings. The van der Waals surface area contributed by atoms with Gasteiger partial charge in [-0.2, -0.15) is 0 Å². The van der Waals surface area contributed by atoms with Crippen molar-refractivity contribution in [1.82, 2.24) is 10.3 Å². The number of piperidine rings is 1. The predicted octanol–water partition coefficient (Wildman–Crippen LogP) is 2.22. The first kappa shape index (κ1) is 16.7. The molecule has 1 fully saturated rings. The largest absolute Gasteiger partial charge is 0.326 e. The Balaban J connectivity index is 1.48. The van der Waals surface area contributed by atoms with Crippen molar-refractivity contribution in [3.63, 3.8) is 0 Å². The third-order valence-corrected chi connectivity index (χ3v) is 5.11. The summed E-state index contributed by atoms with van der Waals surface area (Å²) in [6, 6.07) is 9.34. The van der Waals surface area contributed by atoms with Crippen LogP contribution < -0.4 is 15.5 Å². The van der Waals surface area contributed by atoms with Gasteiger partial charge in [0.2, 0.25) is 5.91 Å². The number of anilines is 2. The molecule has 0 radical (unpaired) electrons. The highest BCUT2D eigenvalue weighted by Gasteiger charge is 2.26. The Kier molecular flexibility index (Phi) is 4.67. The van der Waals surface area contributed by atoms with Gasteiger partial charge in [-0.3, -0.25) is 14.6 Å². The lowest BCUT2D eigenvalue weighted by molar-refractivity contribution is -0.120. The van der Waals surface area contributed by atoms with Gasteiger partial charge < -0.3 is 15.5 Å². The van der Waals surface area contributed by atoms with Crippen molar-refractivity contribution in [2.75, 3.05) is 29.9 Å². The zero-order valence-corrected chi connectivity index (χ0v) is 14.6. The number of nitrogens with one attached hydrogen (secondary N) is 2. The topological polar surface area (TPSA) is 74.3 Å². The Bertz CT molecular complexity index is 816. The third-order valence-electron chi connectivity index (χ3n) is 5.11. The van der Waals surface area contributed by atoms with E-state index in [9.17, 15) is 9.59 Å². The van der Waals surface area contributed by atoms with Crippen molar-refractivity contribution in [2.45, 2.75) is 19.3 Å². The molecule has 1 aromatic heterocycles. The zero-order chi connectivity index (χ0) is 17.9. The molecule has 2 N–H and O–H groups in total. The predicted molar refractivity (Wildman–Crippen MR) is 100 cm³/mol. The van der Waals surface area contributed by atoms with Crippen molar-refractivity contribution in [3.8, 4) is 0 Å². The number of pyridine rings is 1. The Labute approximate surface area is 152 Å². The lowest BCUT2D eigenvalue weighted by Crippen LogP contribution is -2.34. The van der Waals surface area contributed by atoms with E-state index in [1.54, 1.807) is 29.4 Å². The Hall–Kier alpha value is -2.73. The average Bonchev–Trinajstić information content (AvgIpc) is 3.12. The summed E-state index contributed by atoms with van der Waals surface area (Å²) in [6.45, 7) is 2.44. The van der Waals surface area contributed by atoms with E-state index >= 15 is 0 Å². The molecule has 2 amide bonds. The van der Waals surface area contributed by atoms with Gasteiger partial charge in [-0.1, -0.05) is 0 Å². The summed E-state index contributed by atoms with van der Waals surface area (Å²) in [6.07, 6.45) is 5.80. The molecule has 134 valence electrons. The van der Waals surface area contributed by atoms with Gasteiger partial charge in [-0.25, -0.2) is 0 Å². The molecule has 0 spiro atoms. The second kappa shape index (κ2) is 7.25. The molecular formula is C20H22N4O2. The molecule has 26 heavy (non-hydrogen) atoms. The fourth-order valence-electron chi connectivity index (χ4n) is 3.66.